The number of nitrogen functional groups attached to an aromatic ring is 1. The van der Waals surface area contributed by atoms with Gasteiger partial charge in [0, 0.05) is 12.1 Å². The molecule has 1 aliphatic rings. The van der Waals surface area contributed by atoms with Gasteiger partial charge in [-0.15, -0.1) is 0 Å². The summed E-state index contributed by atoms with van der Waals surface area (Å²) in [5.41, 5.74) is 6.38. The Bertz CT molecular complexity index is 549. The third-order valence-electron chi connectivity index (χ3n) is 3.78. The van der Waals surface area contributed by atoms with E-state index in [-0.39, 0.29) is 0 Å². The van der Waals surface area contributed by atoms with Crippen LogP contribution in [-0.4, -0.2) is 15.1 Å². The molecule has 0 spiro atoms. The zero-order valence-corrected chi connectivity index (χ0v) is 11.0. The van der Waals surface area contributed by atoms with Crippen molar-refractivity contribution in [3.8, 4) is 11.5 Å². The Morgan fingerprint density at radius 3 is 2.95 bits per heavy atom. The van der Waals surface area contributed by atoms with Crippen LogP contribution in [0.2, 0.25) is 0 Å². The molecule has 0 aliphatic heterocycles. The maximum Gasteiger partial charge on any atom is 0.259 e. The van der Waals surface area contributed by atoms with E-state index in [0.717, 1.165) is 30.1 Å². The van der Waals surface area contributed by atoms with Crippen molar-refractivity contribution in [2.75, 3.05) is 5.73 Å². The Morgan fingerprint density at radius 2 is 2.21 bits per heavy atom. The molecule has 0 amide bonds. The summed E-state index contributed by atoms with van der Waals surface area (Å²) in [6.45, 7) is 2.29. The maximum atomic E-state index is 5.56. The Morgan fingerprint density at radius 1 is 1.32 bits per heavy atom. The molecule has 1 aliphatic carbocycles. The highest BCUT2D eigenvalue weighted by Gasteiger charge is 2.24. The molecular formula is C14H18N4O. The number of pyridine rings is 1. The van der Waals surface area contributed by atoms with Gasteiger partial charge < -0.3 is 10.3 Å². The zero-order valence-electron chi connectivity index (χ0n) is 11.0. The summed E-state index contributed by atoms with van der Waals surface area (Å²) >= 11 is 0. The van der Waals surface area contributed by atoms with Gasteiger partial charge in [-0.3, -0.25) is 0 Å². The minimum Gasteiger partial charge on any atom is -0.384 e. The Balaban J connectivity index is 1.81. The molecule has 0 aromatic carbocycles. The number of nitrogens with two attached hydrogens (primary N) is 1. The molecule has 5 heteroatoms. The van der Waals surface area contributed by atoms with E-state index in [2.05, 4.69) is 22.0 Å². The van der Waals surface area contributed by atoms with E-state index in [1.165, 1.54) is 12.8 Å². The summed E-state index contributed by atoms with van der Waals surface area (Å²) < 4.78 is 5.34. The van der Waals surface area contributed by atoms with E-state index >= 15 is 0 Å². The predicted octanol–water partition coefficient (Wildman–Crippen LogP) is 3.01. The van der Waals surface area contributed by atoms with Crippen molar-refractivity contribution in [2.24, 2.45) is 5.92 Å². The minimum atomic E-state index is 0.433. The van der Waals surface area contributed by atoms with Crippen LogP contribution in [0.15, 0.2) is 22.9 Å². The van der Waals surface area contributed by atoms with E-state index in [9.17, 15) is 0 Å². The fourth-order valence-electron chi connectivity index (χ4n) is 2.72. The number of hydrogen-bond donors (Lipinski definition) is 1. The average Bonchev–Trinajstić information content (AvgIpc) is 2.89. The van der Waals surface area contributed by atoms with Crippen LogP contribution in [0, 0.1) is 5.92 Å². The van der Waals surface area contributed by atoms with Gasteiger partial charge in [0.1, 0.15) is 5.82 Å². The normalized spacial score (nSPS) is 23.4. The van der Waals surface area contributed by atoms with Gasteiger partial charge in [0.2, 0.25) is 0 Å². The highest BCUT2D eigenvalue weighted by Crippen LogP contribution is 2.35. The predicted molar refractivity (Wildman–Crippen MR) is 72.3 cm³/mol. The smallest absolute Gasteiger partial charge is 0.259 e. The van der Waals surface area contributed by atoms with Gasteiger partial charge in [-0.2, -0.15) is 4.98 Å². The van der Waals surface area contributed by atoms with Gasteiger partial charge in [-0.25, -0.2) is 4.98 Å². The molecule has 1 fully saturated rings. The Labute approximate surface area is 112 Å². The van der Waals surface area contributed by atoms with Crippen LogP contribution >= 0.6 is 0 Å². The number of aromatic nitrogens is 3. The van der Waals surface area contributed by atoms with Crippen molar-refractivity contribution in [1.82, 2.24) is 15.1 Å². The van der Waals surface area contributed by atoms with Gasteiger partial charge in [-0.05, 0) is 30.9 Å². The van der Waals surface area contributed by atoms with E-state index in [4.69, 9.17) is 10.3 Å². The first-order valence-corrected chi connectivity index (χ1v) is 6.78. The van der Waals surface area contributed by atoms with Crippen molar-refractivity contribution < 1.29 is 4.52 Å². The lowest BCUT2D eigenvalue weighted by Crippen LogP contribution is -2.12. The molecule has 2 N–H and O–H groups in total. The first kappa shape index (κ1) is 12.1. The molecule has 2 aromatic heterocycles. The van der Waals surface area contributed by atoms with Crippen molar-refractivity contribution in [1.29, 1.82) is 0 Å². The van der Waals surface area contributed by atoms with Crippen LogP contribution in [0.25, 0.3) is 11.5 Å². The van der Waals surface area contributed by atoms with Crippen molar-refractivity contribution in [3.63, 3.8) is 0 Å². The molecule has 3 rings (SSSR count). The summed E-state index contributed by atoms with van der Waals surface area (Å²) in [5, 5.41) is 4.13. The van der Waals surface area contributed by atoms with Gasteiger partial charge in [0.25, 0.3) is 5.89 Å². The van der Waals surface area contributed by atoms with Gasteiger partial charge in [0.05, 0.1) is 5.56 Å². The third-order valence-corrected chi connectivity index (χ3v) is 3.78. The van der Waals surface area contributed by atoms with Crippen molar-refractivity contribution >= 4 is 5.82 Å². The summed E-state index contributed by atoms with van der Waals surface area (Å²) in [7, 11) is 0. The molecule has 2 unspecified atom stereocenters. The zero-order chi connectivity index (χ0) is 13.2. The number of anilines is 1. The molecular weight excluding hydrogens is 240 g/mol. The Kier molecular flexibility index (Phi) is 3.19. The van der Waals surface area contributed by atoms with E-state index in [1.54, 1.807) is 12.3 Å². The standard InChI is InChI=1S/C14H18N4O/c1-9-3-2-4-10(7-9)13-17-14(19-18-13)11-5-6-12(15)16-8-11/h5-6,8-10H,2-4,7H2,1H3,(H2,15,16). The largest absolute Gasteiger partial charge is 0.384 e. The van der Waals surface area contributed by atoms with Crippen molar-refractivity contribution in [3.05, 3.63) is 24.2 Å². The molecule has 0 radical (unpaired) electrons. The summed E-state index contributed by atoms with van der Waals surface area (Å²) in [6.07, 6.45) is 6.53. The number of nitrogens with zero attached hydrogens (tertiary/aromatic N) is 3. The number of rotatable bonds is 2. The molecule has 5 nitrogen and oxygen atoms in total. The summed E-state index contributed by atoms with van der Waals surface area (Å²) in [4.78, 5) is 8.55. The highest BCUT2D eigenvalue weighted by atomic mass is 16.5. The molecule has 100 valence electrons. The fourth-order valence-corrected chi connectivity index (χ4v) is 2.72. The lowest BCUT2D eigenvalue weighted by Gasteiger charge is -2.23. The van der Waals surface area contributed by atoms with Crippen LogP contribution in [0.3, 0.4) is 0 Å². The average molecular weight is 258 g/mol. The molecule has 19 heavy (non-hydrogen) atoms. The van der Waals surface area contributed by atoms with Gasteiger partial charge >= 0.3 is 0 Å². The highest BCUT2D eigenvalue weighted by molar-refractivity contribution is 5.53. The van der Waals surface area contributed by atoms with E-state index in [1.807, 2.05) is 6.07 Å². The molecule has 0 bridgehead atoms. The van der Waals surface area contributed by atoms with Crippen LogP contribution in [0.5, 0.6) is 0 Å². The first-order valence-electron chi connectivity index (χ1n) is 6.78. The quantitative estimate of drug-likeness (QED) is 0.895. The molecule has 2 atom stereocenters. The first-order chi connectivity index (χ1) is 9.22. The van der Waals surface area contributed by atoms with Gasteiger partial charge in [0.15, 0.2) is 5.82 Å². The lowest BCUT2D eigenvalue weighted by atomic mass is 9.82. The second kappa shape index (κ2) is 4.99. The third kappa shape index (κ3) is 2.59. The van der Waals surface area contributed by atoms with Crippen LogP contribution < -0.4 is 5.73 Å². The monoisotopic (exact) mass is 258 g/mol. The van der Waals surface area contributed by atoms with Crippen LogP contribution in [0.4, 0.5) is 5.82 Å². The summed E-state index contributed by atoms with van der Waals surface area (Å²) in [5.74, 6) is 3.03. The van der Waals surface area contributed by atoms with E-state index in [0.29, 0.717) is 17.6 Å². The molecule has 0 saturated heterocycles. The lowest BCUT2D eigenvalue weighted by molar-refractivity contribution is 0.324. The van der Waals surface area contributed by atoms with Crippen LogP contribution in [0.1, 0.15) is 44.3 Å². The molecule has 2 aromatic rings. The van der Waals surface area contributed by atoms with Gasteiger partial charge in [-0.1, -0.05) is 24.9 Å². The SMILES string of the molecule is CC1CCCC(c2noc(-c3ccc(N)nc3)n2)C1. The maximum absolute atomic E-state index is 5.56. The minimum absolute atomic E-state index is 0.433. The second-order valence-corrected chi connectivity index (χ2v) is 5.40. The molecule has 1 saturated carbocycles. The van der Waals surface area contributed by atoms with E-state index < -0.39 is 0 Å². The fraction of sp³-hybridized carbons (Fsp3) is 0.500. The van der Waals surface area contributed by atoms with Crippen LogP contribution in [-0.2, 0) is 0 Å². The van der Waals surface area contributed by atoms with Crippen molar-refractivity contribution in [2.45, 2.75) is 38.5 Å². The second-order valence-electron chi connectivity index (χ2n) is 5.40. The summed E-state index contributed by atoms with van der Waals surface area (Å²) in [6, 6.07) is 3.59. The number of hydrogen-bond acceptors (Lipinski definition) is 5. The topological polar surface area (TPSA) is 77.8 Å². The molecule has 2 heterocycles. The Hall–Kier alpha value is -1.91.